The Balaban J connectivity index is 1.37. The molecule has 0 aliphatic rings. The zero-order chi connectivity index (χ0) is 48.3. The maximum absolute atomic E-state index is 12.7. The quantitative estimate of drug-likeness (QED) is 0.165. The third-order valence-corrected chi connectivity index (χ3v) is 14.4. The Morgan fingerprint density at radius 2 is 1.07 bits per heavy atom. The number of phenols is 1. The molecule has 0 bridgehead atoms. The molecule has 0 spiro atoms. The molecule has 9 rings (SSSR count). The Morgan fingerprint density at radius 1 is 0.456 bits per heavy atom. The van der Waals surface area contributed by atoms with Crippen LogP contribution < -0.4 is 0 Å². The van der Waals surface area contributed by atoms with Gasteiger partial charge in [0.2, 0.25) is 0 Å². The van der Waals surface area contributed by atoms with Crippen LogP contribution in [-0.4, -0.2) is 19.6 Å². The summed E-state index contributed by atoms with van der Waals surface area (Å²) in [6, 6.07) is 58.9. The van der Waals surface area contributed by atoms with Crippen LogP contribution in [0.25, 0.3) is 83.9 Å². The van der Waals surface area contributed by atoms with Crippen molar-refractivity contribution in [1.29, 1.82) is 0 Å². The van der Waals surface area contributed by atoms with Gasteiger partial charge in [0.15, 0.2) is 0 Å². The molecule has 4 nitrogen and oxygen atoms in total. The second kappa shape index (κ2) is 17.2. The van der Waals surface area contributed by atoms with Crippen LogP contribution in [0.15, 0.2) is 170 Å². The van der Waals surface area contributed by atoms with Gasteiger partial charge in [-0.1, -0.05) is 191 Å². The topological polar surface area (TPSA) is 50.9 Å². The Morgan fingerprint density at radius 3 is 1.72 bits per heavy atom. The third-order valence-electron chi connectivity index (χ3n) is 14.4. The highest BCUT2D eigenvalue weighted by Gasteiger charge is 2.36. The summed E-state index contributed by atoms with van der Waals surface area (Å²) < 4.78 is 2.30. The monoisotopic (exact) mass is 892 g/mol. The molecule has 0 saturated carbocycles. The Hall–Kier alpha value is -7.04. The lowest BCUT2D eigenvalue weighted by molar-refractivity contribution is 0.225. The molecule has 0 fully saturated rings. The number of fused-ring (bicyclic) bond motifs is 1. The highest BCUT2D eigenvalue weighted by molar-refractivity contribution is 5.98. The first-order valence-corrected chi connectivity index (χ1v) is 24.0. The highest BCUT2D eigenvalue weighted by Crippen LogP contribution is 2.48. The first kappa shape index (κ1) is 46.1. The third kappa shape index (κ3) is 8.69. The number of nitrogens with zero attached hydrogens (tertiary/aromatic N) is 3. The molecule has 0 aliphatic carbocycles. The molecule has 0 amide bonds. The average molecular weight is 892 g/mol. The zero-order valence-corrected chi connectivity index (χ0v) is 42.0. The van der Waals surface area contributed by atoms with E-state index in [4.69, 9.17) is 9.97 Å². The summed E-state index contributed by atoms with van der Waals surface area (Å²) in [5.41, 5.74) is 18.0. The van der Waals surface area contributed by atoms with E-state index in [1.165, 1.54) is 11.1 Å². The largest absolute Gasteiger partial charge is 0.507 e. The van der Waals surface area contributed by atoms with Crippen molar-refractivity contribution in [1.82, 2.24) is 14.5 Å². The van der Waals surface area contributed by atoms with Gasteiger partial charge in [-0.15, -0.1) is 0 Å². The Kier molecular flexibility index (Phi) is 11.7. The van der Waals surface area contributed by atoms with E-state index in [0.717, 1.165) is 83.6 Å². The number of aromatic nitrogens is 3. The first-order valence-electron chi connectivity index (χ1n) is 24.0. The number of hydrogen-bond acceptors (Lipinski definition) is 3. The second-order valence-electron chi connectivity index (χ2n) is 22.3. The summed E-state index contributed by atoms with van der Waals surface area (Å²) in [4.78, 5) is 10.7. The molecular formula is C64H65N3O. The van der Waals surface area contributed by atoms with Gasteiger partial charge in [0.05, 0.1) is 28.0 Å². The number of hydrogen-bond donors (Lipinski definition) is 1. The average Bonchev–Trinajstić information content (AvgIpc) is 3.70. The van der Waals surface area contributed by atoms with Crippen LogP contribution in [0.4, 0.5) is 0 Å². The maximum atomic E-state index is 12.7. The van der Waals surface area contributed by atoms with Gasteiger partial charge in [-0.05, 0) is 128 Å². The zero-order valence-electron chi connectivity index (χ0n) is 42.0. The summed E-state index contributed by atoms with van der Waals surface area (Å²) in [6.45, 7) is 27.0. The predicted octanol–water partition coefficient (Wildman–Crippen LogP) is 17.4. The van der Waals surface area contributed by atoms with Crippen molar-refractivity contribution in [3.63, 3.8) is 0 Å². The lowest BCUT2D eigenvalue weighted by atomic mass is 9.65. The molecule has 0 atom stereocenters. The molecule has 0 saturated heterocycles. The first-order chi connectivity index (χ1) is 32.2. The second-order valence-corrected chi connectivity index (χ2v) is 22.3. The van der Waals surface area contributed by atoms with Crippen LogP contribution in [0.5, 0.6) is 5.75 Å². The van der Waals surface area contributed by atoms with Crippen LogP contribution in [-0.2, 0) is 16.2 Å². The van der Waals surface area contributed by atoms with Gasteiger partial charge < -0.3 is 5.11 Å². The molecule has 2 aromatic heterocycles. The van der Waals surface area contributed by atoms with Crippen molar-refractivity contribution in [2.45, 2.75) is 99.3 Å². The lowest BCUT2D eigenvalue weighted by Gasteiger charge is -2.40. The fourth-order valence-electron chi connectivity index (χ4n) is 9.21. The Bertz CT molecular complexity index is 3300. The molecule has 9 aromatic rings. The van der Waals surface area contributed by atoms with Crippen molar-refractivity contribution in [2.24, 2.45) is 5.41 Å². The molecule has 0 radical (unpaired) electrons. The van der Waals surface area contributed by atoms with E-state index in [1.54, 1.807) is 0 Å². The number of phenolic OH excluding ortho intramolecular Hbond substituents is 1. The molecule has 4 heteroatoms. The summed E-state index contributed by atoms with van der Waals surface area (Å²) in [6.07, 6.45) is 1.91. The summed E-state index contributed by atoms with van der Waals surface area (Å²) in [7, 11) is 0. The summed E-state index contributed by atoms with van der Waals surface area (Å²) in [5.74, 6) is 0.941. The van der Waals surface area contributed by atoms with Gasteiger partial charge in [-0.25, -0.2) is 4.98 Å². The van der Waals surface area contributed by atoms with Crippen molar-refractivity contribution in [3.05, 3.63) is 192 Å². The van der Waals surface area contributed by atoms with E-state index < -0.39 is 0 Å². The van der Waals surface area contributed by atoms with Crippen molar-refractivity contribution in [3.8, 4) is 78.6 Å². The molecule has 68 heavy (non-hydrogen) atoms. The molecule has 0 unspecified atom stereocenters. The van der Waals surface area contributed by atoms with E-state index >= 15 is 0 Å². The van der Waals surface area contributed by atoms with Crippen LogP contribution in [0.2, 0.25) is 0 Å². The number of pyridine rings is 1. The van der Waals surface area contributed by atoms with Crippen LogP contribution in [0.1, 0.15) is 98.4 Å². The minimum absolute atomic E-state index is 0.00255. The predicted molar refractivity (Wildman–Crippen MR) is 288 cm³/mol. The van der Waals surface area contributed by atoms with Gasteiger partial charge >= 0.3 is 0 Å². The number of para-hydroxylation sites is 1. The smallest absolute Gasteiger partial charge is 0.149 e. The van der Waals surface area contributed by atoms with Gasteiger partial charge in [0.1, 0.15) is 11.6 Å². The van der Waals surface area contributed by atoms with E-state index in [9.17, 15) is 5.11 Å². The SMILES string of the molecule is Cc1ccc(-c2ccnc(-c3cc(-c4ccccc4)cc(-c4cccc5c4nc(-c4cc(C(C)(C)C)cc(C(C)(C)C)c4O)n5-c4ccc(C(C)(C)C(C)(C)C)cc4-c4ccccc4)c3)c2)cc1. The normalized spacial score (nSPS) is 12.5. The lowest BCUT2D eigenvalue weighted by Crippen LogP contribution is -2.34. The molecule has 342 valence electrons. The fourth-order valence-corrected chi connectivity index (χ4v) is 9.21. The minimum atomic E-state index is -0.337. The number of benzene rings is 7. The van der Waals surface area contributed by atoms with Gasteiger partial charge in [-0.2, -0.15) is 0 Å². The van der Waals surface area contributed by atoms with Crippen molar-refractivity contribution < 1.29 is 5.11 Å². The number of aromatic hydroxyl groups is 1. The van der Waals surface area contributed by atoms with E-state index in [2.05, 4.69) is 251 Å². The number of rotatable bonds is 8. The molecule has 7 aromatic carbocycles. The van der Waals surface area contributed by atoms with E-state index in [0.29, 0.717) is 11.4 Å². The number of aryl methyl sites for hydroxylation is 1. The van der Waals surface area contributed by atoms with Gasteiger partial charge in [0.25, 0.3) is 0 Å². The molecule has 1 N–H and O–H groups in total. The van der Waals surface area contributed by atoms with E-state index in [1.807, 2.05) is 6.20 Å². The van der Waals surface area contributed by atoms with Crippen LogP contribution in [0, 0.1) is 12.3 Å². The van der Waals surface area contributed by atoms with Crippen molar-refractivity contribution in [2.75, 3.05) is 0 Å². The standard InChI is InChI=1S/C64H65N3O/c1-41-26-28-43(29-27-41)45-32-33-65-55(37-45)48-35-46(42-20-15-13-16-21-42)34-47(36-48)51-24-19-25-57-58(51)66-60(53-39-50(61(2,3)4)40-54(59(53)68)62(5,6)7)67(57)56-31-30-49(64(11,12)63(8,9)10)38-52(56)44-22-17-14-18-23-44/h13-40,68H,1-12H3. The Labute approximate surface area is 404 Å². The van der Waals surface area contributed by atoms with Crippen LogP contribution >= 0.6 is 0 Å². The minimum Gasteiger partial charge on any atom is -0.507 e. The highest BCUT2D eigenvalue weighted by atomic mass is 16.3. The molecule has 2 heterocycles. The summed E-state index contributed by atoms with van der Waals surface area (Å²) in [5, 5.41) is 12.7. The molecule has 0 aliphatic heterocycles. The maximum Gasteiger partial charge on any atom is 0.149 e. The van der Waals surface area contributed by atoms with Gasteiger partial charge in [0, 0.05) is 28.5 Å². The van der Waals surface area contributed by atoms with Gasteiger partial charge in [-0.3, -0.25) is 9.55 Å². The summed E-state index contributed by atoms with van der Waals surface area (Å²) >= 11 is 0. The van der Waals surface area contributed by atoms with E-state index in [-0.39, 0.29) is 27.4 Å². The number of imidazole rings is 1. The van der Waals surface area contributed by atoms with Crippen LogP contribution in [0.3, 0.4) is 0 Å². The molecular weight excluding hydrogens is 827 g/mol. The van der Waals surface area contributed by atoms with Crippen molar-refractivity contribution >= 4 is 11.0 Å². The fraction of sp³-hybridized carbons (Fsp3) is 0.250.